The highest BCUT2D eigenvalue weighted by Crippen LogP contribution is 2.39. The minimum absolute atomic E-state index is 0.0415. The lowest BCUT2D eigenvalue weighted by atomic mass is 9.99. The topological polar surface area (TPSA) is 202 Å². The van der Waals surface area contributed by atoms with Crippen molar-refractivity contribution in [3.05, 3.63) is 0 Å². The zero-order chi connectivity index (χ0) is 43.1. The van der Waals surface area contributed by atoms with Crippen molar-refractivity contribution in [2.24, 2.45) is 0 Å². The summed E-state index contributed by atoms with van der Waals surface area (Å²) in [7, 11) is 0. The van der Waals surface area contributed by atoms with E-state index in [4.69, 9.17) is 23.7 Å². The molecule has 0 aromatic rings. The second-order valence-electron chi connectivity index (χ2n) is 17.2. The molecule has 0 aromatic heterocycles. The number of carbonyl (C=O) groups is 2. The molecule has 0 unspecified atom stereocenters. The normalized spacial score (nSPS) is 27.0. The first kappa shape index (κ1) is 53.7. The number of carbonyl (C=O) groups excluding carboxylic acids is 2. The van der Waals surface area contributed by atoms with Gasteiger partial charge in [0.2, 0.25) is 5.79 Å². The summed E-state index contributed by atoms with van der Waals surface area (Å²) in [4.78, 5) is 26.2. The molecule has 2 fully saturated rings. The minimum Gasteiger partial charge on any atom is -0.460 e. The number of unbranched alkanes of at least 4 members (excludes halogenated alkanes) is 26. The summed E-state index contributed by atoms with van der Waals surface area (Å²) in [6, 6.07) is 0. The summed E-state index contributed by atoms with van der Waals surface area (Å²) in [5, 5.41) is 62.6. The molecule has 13 heteroatoms. The summed E-state index contributed by atoms with van der Waals surface area (Å²) in [5.74, 6) is -3.51. The molecule has 0 saturated carbocycles. The monoisotopic (exact) mass is 847 g/mol. The Morgan fingerprint density at radius 2 is 0.881 bits per heavy atom. The fourth-order valence-electron chi connectivity index (χ4n) is 8.14. The van der Waals surface area contributed by atoms with Gasteiger partial charge in [-0.15, -0.1) is 0 Å². The molecule has 0 bridgehead atoms. The van der Waals surface area contributed by atoms with Gasteiger partial charge in [-0.25, -0.2) is 0 Å². The van der Waals surface area contributed by atoms with Crippen molar-refractivity contribution in [2.45, 2.75) is 261 Å². The molecule has 348 valence electrons. The van der Waals surface area contributed by atoms with E-state index >= 15 is 0 Å². The first-order chi connectivity index (χ1) is 28.6. The van der Waals surface area contributed by atoms with Gasteiger partial charge in [-0.05, 0) is 12.8 Å². The number of rotatable bonds is 37. The van der Waals surface area contributed by atoms with Gasteiger partial charge in [-0.1, -0.05) is 181 Å². The highest BCUT2D eigenvalue weighted by molar-refractivity contribution is 5.70. The van der Waals surface area contributed by atoms with E-state index in [1.165, 1.54) is 122 Å². The number of esters is 2. The van der Waals surface area contributed by atoms with Crippen LogP contribution in [0.2, 0.25) is 0 Å². The molecule has 59 heavy (non-hydrogen) atoms. The van der Waals surface area contributed by atoms with Crippen LogP contribution in [-0.2, 0) is 33.3 Å². The maximum absolute atomic E-state index is 13.2. The lowest BCUT2D eigenvalue weighted by Gasteiger charge is -2.43. The molecule has 0 amide bonds. The van der Waals surface area contributed by atoms with Crippen molar-refractivity contribution < 1.29 is 63.9 Å². The quantitative estimate of drug-likeness (QED) is 0.0266. The second kappa shape index (κ2) is 33.2. The van der Waals surface area contributed by atoms with Crippen molar-refractivity contribution >= 4 is 11.9 Å². The molecular weight excluding hydrogens is 760 g/mol. The van der Waals surface area contributed by atoms with Gasteiger partial charge in [0.05, 0.1) is 13.2 Å². The highest BCUT2D eigenvalue weighted by Gasteiger charge is 2.61. The van der Waals surface area contributed by atoms with Crippen molar-refractivity contribution in [3.63, 3.8) is 0 Å². The van der Waals surface area contributed by atoms with Crippen LogP contribution in [0.1, 0.15) is 206 Å². The van der Waals surface area contributed by atoms with Crippen LogP contribution < -0.4 is 0 Å². The van der Waals surface area contributed by atoms with Crippen molar-refractivity contribution in [2.75, 3.05) is 19.8 Å². The molecular formula is C46H86O13. The average molecular weight is 847 g/mol. The van der Waals surface area contributed by atoms with E-state index in [2.05, 4.69) is 13.8 Å². The van der Waals surface area contributed by atoms with E-state index in [0.717, 1.165) is 44.9 Å². The molecule has 2 aliphatic rings. The number of hydrogen-bond donors (Lipinski definition) is 6. The van der Waals surface area contributed by atoms with Gasteiger partial charge in [0, 0.05) is 12.8 Å². The third-order valence-corrected chi connectivity index (χ3v) is 12.0. The molecule has 0 spiro atoms. The predicted octanol–water partition coefficient (Wildman–Crippen LogP) is 7.45. The van der Waals surface area contributed by atoms with Gasteiger partial charge in [0.1, 0.15) is 43.2 Å². The predicted molar refractivity (Wildman–Crippen MR) is 226 cm³/mol. The van der Waals surface area contributed by atoms with E-state index in [1.54, 1.807) is 0 Å². The van der Waals surface area contributed by atoms with Crippen LogP contribution in [0.15, 0.2) is 0 Å². The van der Waals surface area contributed by atoms with E-state index in [9.17, 15) is 40.2 Å². The number of ether oxygens (including phenoxy) is 5. The van der Waals surface area contributed by atoms with Gasteiger partial charge in [0.15, 0.2) is 12.4 Å². The van der Waals surface area contributed by atoms with Crippen molar-refractivity contribution in [1.29, 1.82) is 0 Å². The lowest BCUT2D eigenvalue weighted by molar-refractivity contribution is -0.384. The summed E-state index contributed by atoms with van der Waals surface area (Å²) in [6.07, 6.45) is 19.8. The first-order valence-electron chi connectivity index (χ1n) is 23.9. The Kier molecular flexibility index (Phi) is 30.2. The summed E-state index contributed by atoms with van der Waals surface area (Å²) in [5.41, 5.74) is 0. The first-order valence-corrected chi connectivity index (χ1v) is 23.9. The number of aliphatic hydroxyl groups excluding tert-OH is 6. The summed E-state index contributed by atoms with van der Waals surface area (Å²) < 4.78 is 28.8. The van der Waals surface area contributed by atoms with Crippen molar-refractivity contribution in [1.82, 2.24) is 0 Å². The highest BCUT2D eigenvalue weighted by atomic mass is 16.8. The Morgan fingerprint density at radius 1 is 0.492 bits per heavy atom. The molecule has 2 rings (SSSR count). The fourth-order valence-corrected chi connectivity index (χ4v) is 8.14. The summed E-state index contributed by atoms with van der Waals surface area (Å²) >= 11 is 0. The molecule has 0 radical (unpaired) electrons. The fraction of sp³-hybridized carbons (Fsp3) is 0.957. The number of aliphatic hydroxyl groups is 6. The van der Waals surface area contributed by atoms with Crippen LogP contribution in [-0.4, -0.2) is 117 Å². The SMILES string of the molecule is CCCCCCCCCCCCCCCCCC(=O)OC[C@@]1(O[C@H]2O[C@H](CO)[C@@H](O)[C@H](O)[C@H]2O)O[C@H](CO)[C@@H](O)[C@@H]1OC(=O)CCCCCCCCCCCCCCC. The molecule has 9 atom stereocenters. The van der Waals surface area contributed by atoms with Gasteiger partial charge >= 0.3 is 11.9 Å². The van der Waals surface area contributed by atoms with E-state index in [0.29, 0.717) is 12.8 Å². The molecule has 0 aromatic carbocycles. The Morgan fingerprint density at radius 3 is 1.29 bits per heavy atom. The molecule has 2 saturated heterocycles. The van der Waals surface area contributed by atoms with Crippen LogP contribution in [0.3, 0.4) is 0 Å². The molecule has 6 N–H and O–H groups in total. The van der Waals surface area contributed by atoms with Crippen LogP contribution in [0.4, 0.5) is 0 Å². The summed E-state index contributed by atoms with van der Waals surface area (Å²) in [6.45, 7) is 2.33. The molecule has 2 heterocycles. The third kappa shape index (κ3) is 21.5. The van der Waals surface area contributed by atoms with Gasteiger partial charge < -0.3 is 54.3 Å². The molecule has 2 aliphatic heterocycles. The Hall–Kier alpha value is -1.42. The average Bonchev–Trinajstić information content (AvgIpc) is 3.49. The van der Waals surface area contributed by atoms with E-state index < -0.39 is 86.6 Å². The lowest BCUT2D eigenvalue weighted by Crippen LogP contribution is -2.63. The Bertz CT molecular complexity index is 1050. The Labute approximate surface area is 356 Å². The van der Waals surface area contributed by atoms with Crippen LogP contribution >= 0.6 is 0 Å². The Balaban J connectivity index is 1.88. The van der Waals surface area contributed by atoms with Crippen molar-refractivity contribution in [3.8, 4) is 0 Å². The van der Waals surface area contributed by atoms with Crippen LogP contribution in [0.5, 0.6) is 0 Å². The maximum Gasteiger partial charge on any atom is 0.306 e. The third-order valence-electron chi connectivity index (χ3n) is 12.0. The van der Waals surface area contributed by atoms with E-state index in [1.807, 2.05) is 0 Å². The zero-order valence-electron chi connectivity index (χ0n) is 37.0. The van der Waals surface area contributed by atoms with Crippen LogP contribution in [0, 0.1) is 0 Å². The second-order valence-corrected chi connectivity index (χ2v) is 17.2. The van der Waals surface area contributed by atoms with Crippen LogP contribution in [0.25, 0.3) is 0 Å². The smallest absolute Gasteiger partial charge is 0.306 e. The maximum atomic E-state index is 13.2. The van der Waals surface area contributed by atoms with Gasteiger partial charge in [0.25, 0.3) is 0 Å². The minimum atomic E-state index is -2.27. The number of hydrogen-bond acceptors (Lipinski definition) is 13. The van der Waals surface area contributed by atoms with E-state index in [-0.39, 0.29) is 12.8 Å². The standard InChI is InChI=1S/C46H86O13/c1-3-5-7-9-11-13-15-17-18-20-21-23-25-27-29-31-38(49)55-35-46(59-45-43(54)42(53)40(51)36(33-47)56-45)44(41(52)37(34-48)58-46)57-39(50)32-30-28-26-24-22-19-16-14-12-10-8-6-4-2/h36-37,40-45,47-48,51-54H,3-35H2,1-2H3/t36-,37-,40-,41-,42+,43-,44+,45-,46+/m1/s1. The molecule has 0 aliphatic carbocycles. The largest absolute Gasteiger partial charge is 0.460 e. The van der Waals surface area contributed by atoms with Gasteiger partial charge in [-0.3, -0.25) is 9.59 Å². The van der Waals surface area contributed by atoms with Gasteiger partial charge in [-0.2, -0.15) is 0 Å². The zero-order valence-corrected chi connectivity index (χ0v) is 37.0. The molecule has 13 nitrogen and oxygen atoms in total.